The summed E-state index contributed by atoms with van der Waals surface area (Å²) in [6.07, 6.45) is -2.09. The van der Waals surface area contributed by atoms with Crippen LogP contribution in [0.2, 0.25) is 0 Å². The Balaban J connectivity index is 2.80. The van der Waals surface area contributed by atoms with Crippen LogP contribution in [-0.4, -0.2) is 26.4 Å². The van der Waals surface area contributed by atoms with Gasteiger partial charge in [-0.25, -0.2) is 0 Å². The second-order valence-corrected chi connectivity index (χ2v) is 3.86. The predicted molar refractivity (Wildman–Crippen MR) is 53.1 cm³/mol. The Bertz CT molecular complexity index is 335. The Morgan fingerprint density at radius 1 is 1.67 bits per heavy atom. The van der Waals surface area contributed by atoms with Crippen LogP contribution in [0.5, 0.6) is 0 Å². The molecule has 6 heteroatoms. The van der Waals surface area contributed by atoms with Gasteiger partial charge in [-0.1, -0.05) is 0 Å². The summed E-state index contributed by atoms with van der Waals surface area (Å²) in [6.45, 7) is 4.19. The van der Waals surface area contributed by atoms with Gasteiger partial charge in [0.05, 0.1) is 5.69 Å². The molecule has 0 aromatic carbocycles. The van der Waals surface area contributed by atoms with Gasteiger partial charge in [0.2, 0.25) is 0 Å². The van der Waals surface area contributed by atoms with Gasteiger partial charge in [-0.15, -0.1) is 0 Å². The van der Waals surface area contributed by atoms with Crippen LogP contribution in [0.25, 0.3) is 0 Å². The van der Waals surface area contributed by atoms with Crippen LogP contribution in [-0.2, 0) is 13.0 Å². The summed E-state index contributed by atoms with van der Waals surface area (Å²) in [5, 5.41) is 9.63. The van der Waals surface area contributed by atoms with Gasteiger partial charge in [0.1, 0.15) is 6.10 Å². The topological polar surface area (TPSA) is 38.0 Å². The Labute approximate surface area is 91.7 Å². The van der Waals surface area contributed by atoms with Crippen LogP contribution in [0.3, 0.4) is 0 Å². The summed E-state index contributed by atoms with van der Waals surface area (Å²) < 4.78 is 26.6. The van der Waals surface area contributed by atoms with E-state index in [1.807, 2.05) is 6.92 Å². The molecule has 0 bridgehead atoms. The van der Waals surface area contributed by atoms with E-state index < -0.39 is 11.5 Å². The maximum atomic E-state index is 12.5. The molecule has 0 radical (unpaired) electrons. The second-order valence-electron chi connectivity index (χ2n) is 3.35. The third kappa shape index (κ3) is 3.14. The molecule has 0 aliphatic heterocycles. The highest BCUT2D eigenvalue weighted by molar-refractivity contribution is 6.22. The SMILES string of the molecule is CCn1nc(C)cc1CC(O)C(F)(F)Cl. The molecule has 0 aliphatic rings. The number of aliphatic hydroxyl groups excluding tert-OH is 1. The summed E-state index contributed by atoms with van der Waals surface area (Å²) in [5.41, 5.74) is 1.29. The number of nitrogens with zero attached hydrogens (tertiary/aromatic N) is 2. The number of aryl methyl sites for hydroxylation is 2. The molecule has 15 heavy (non-hydrogen) atoms. The molecule has 1 aromatic heterocycles. The van der Waals surface area contributed by atoms with Crippen molar-refractivity contribution in [3.63, 3.8) is 0 Å². The van der Waals surface area contributed by atoms with Gasteiger partial charge in [-0.2, -0.15) is 13.9 Å². The molecule has 0 amide bonds. The zero-order chi connectivity index (χ0) is 11.6. The van der Waals surface area contributed by atoms with Crippen LogP contribution >= 0.6 is 11.6 Å². The number of halogens is 3. The summed E-state index contributed by atoms with van der Waals surface area (Å²) in [6, 6.07) is 1.66. The molecule has 1 N–H and O–H groups in total. The minimum Gasteiger partial charge on any atom is -0.385 e. The lowest BCUT2D eigenvalue weighted by atomic mass is 10.2. The van der Waals surface area contributed by atoms with Gasteiger partial charge in [0.15, 0.2) is 0 Å². The number of rotatable bonds is 4. The number of hydrogen-bond acceptors (Lipinski definition) is 2. The third-order valence-electron chi connectivity index (χ3n) is 2.07. The first-order chi connectivity index (χ1) is 6.84. The smallest absolute Gasteiger partial charge is 0.347 e. The molecule has 1 heterocycles. The average Bonchev–Trinajstić information content (AvgIpc) is 2.44. The van der Waals surface area contributed by atoms with Crippen LogP contribution in [0, 0.1) is 6.92 Å². The highest BCUT2D eigenvalue weighted by Crippen LogP contribution is 2.26. The van der Waals surface area contributed by atoms with E-state index in [0.717, 1.165) is 5.69 Å². The molecule has 0 spiro atoms. The number of aromatic nitrogens is 2. The Morgan fingerprint density at radius 3 is 2.73 bits per heavy atom. The lowest BCUT2D eigenvalue weighted by Gasteiger charge is -2.15. The first kappa shape index (κ1) is 12.4. The van der Waals surface area contributed by atoms with Crippen molar-refractivity contribution in [3.8, 4) is 0 Å². The molecule has 86 valence electrons. The summed E-state index contributed by atoms with van der Waals surface area (Å²) >= 11 is 4.72. The number of aliphatic hydroxyl groups is 1. The van der Waals surface area contributed by atoms with Gasteiger partial charge in [-0.05, 0) is 31.5 Å². The Morgan fingerprint density at radius 2 is 2.27 bits per heavy atom. The Hall–Kier alpha value is -0.680. The maximum absolute atomic E-state index is 12.5. The van der Waals surface area contributed by atoms with Crippen molar-refractivity contribution in [1.29, 1.82) is 0 Å². The molecule has 1 rings (SSSR count). The van der Waals surface area contributed by atoms with Crippen molar-refractivity contribution in [2.24, 2.45) is 0 Å². The lowest BCUT2D eigenvalue weighted by Crippen LogP contribution is -2.30. The van der Waals surface area contributed by atoms with E-state index >= 15 is 0 Å². The zero-order valence-electron chi connectivity index (χ0n) is 8.54. The first-order valence-corrected chi connectivity index (χ1v) is 5.00. The minimum absolute atomic E-state index is 0.203. The standard InChI is InChI=1S/C9H13ClF2N2O/c1-3-14-7(4-6(2)13-14)5-8(15)9(10,11)12/h4,8,15H,3,5H2,1-2H3. The van der Waals surface area contributed by atoms with Gasteiger partial charge in [0, 0.05) is 18.7 Å². The fraction of sp³-hybridized carbons (Fsp3) is 0.667. The van der Waals surface area contributed by atoms with Gasteiger partial charge in [-0.3, -0.25) is 4.68 Å². The van der Waals surface area contributed by atoms with Crippen LogP contribution in [0.4, 0.5) is 8.78 Å². The van der Waals surface area contributed by atoms with Crippen molar-refractivity contribution in [3.05, 3.63) is 17.5 Å². The van der Waals surface area contributed by atoms with E-state index in [1.165, 1.54) is 0 Å². The highest BCUT2D eigenvalue weighted by Gasteiger charge is 2.36. The van der Waals surface area contributed by atoms with Crippen molar-refractivity contribution in [1.82, 2.24) is 9.78 Å². The van der Waals surface area contributed by atoms with Gasteiger partial charge < -0.3 is 5.11 Å². The maximum Gasteiger partial charge on any atom is 0.347 e. The summed E-state index contributed by atoms with van der Waals surface area (Å²) in [7, 11) is 0. The highest BCUT2D eigenvalue weighted by atomic mass is 35.5. The second kappa shape index (κ2) is 4.45. The van der Waals surface area contributed by atoms with Crippen molar-refractivity contribution >= 4 is 11.6 Å². The van der Waals surface area contributed by atoms with Gasteiger partial charge in [0.25, 0.3) is 0 Å². The molecular formula is C9H13ClF2N2O. The molecule has 1 atom stereocenters. The molecule has 0 saturated heterocycles. The van der Waals surface area contributed by atoms with E-state index in [2.05, 4.69) is 5.10 Å². The molecule has 1 aromatic rings. The van der Waals surface area contributed by atoms with E-state index in [0.29, 0.717) is 12.2 Å². The van der Waals surface area contributed by atoms with Crippen molar-refractivity contribution in [2.75, 3.05) is 0 Å². The van der Waals surface area contributed by atoms with E-state index in [9.17, 15) is 8.78 Å². The predicted octanol–water partition coefficient (Wildman–Crippen LogP) is 1.95. The molecule has 1 unspecified atom stereocenters. The summed E-state index contributed by atoms with van der Waals surface area (Å²) in [5.74, 6) is 0. The normalized spacial score (nSPS) is 14.3. The van der Waals surface area contributed by atoms with Crippen LogP contribution < -0.4 is 0 Å². The fourth-order valence-corrected chi connectivity index (χ4v) is 1.43. The first-order valence-electron chi connectivity index (χ1n) is 4.62. The van der Waals surface area contributed by atoms with E-state index in [1.54, 1.807) is 17.7 Å². The summed E-state index contributed by atoms with van der Waals surface area (Å²) in [4.78, 5) is 0. The quantitative estimate of drug-likeness (QED) is 0.815. The van der Waals surface area contributed by atoms with Gasteiger partial charge >= 0.3 is 5.38 Å². The number of alkyl halides is 3. The van der Waals surface area contributed by atoms with E-state index in [4.69, 9.17) is 16.7 Å². The van der Waals surface area contributed by atoms with Crippen LogP contribution in [0.15, 0.2) is 6.07 Å². The molecule has 0 aliphatic carbocycles. The molecule has 0 saturated carbocycles. The minimum atomic E-state index is -3.60. The van der Waals surface area contributed by atoms with Crippen LogP contribution in [0.1, 0.15) is 18.3 Å². The third-order valence-corrected chi connectivity index (χ3v) is 2.32. The molecule has 0 fully saturated rings. The monoisotopic (exact) mass is 238 g/mol. The lowest BCUT2D eigenvalue weighted by molar-refractivity contribution is -0.0406. The largest absolute Gasteiger partial charge is 0.385 e. The van der Waals surface area contributed by atoms with E-state index in [-0.39, 0.29) is 6.42 Å². The van der Waals surface area contributed by atoms with Crippen molar-refractivity contribution < 1.29 is 13.9 Å². The average molecular weight is 239 g/mol. The molecule has 3 nitrogen and oxygen atoms in total. The Kier molecular flexibility index (Phi) is 3.67. The fourth-order valence-electron chi connectivity index (χ4n) is 1.35. The van der Waals surface area contributed by atoms with Crippen molar-refractivity contribution in [2.45, 2.75) is 38.3 Å². The number of hydrogen-bond donors (Lipinski definition) is 1. The zero-order valence-corrected chi connectivity index (χ0v) is 9.30. The molecular weight excluding hydrogens is 226 g/mol.